The molecule has 0 atom stereocenters. The van der Waals surface area contributed by atoms with Crippen LogP contribution in [0.5, 0.6) is 11.5 Å². The number of aromatic nitrogens is 5. The minimum absolute atomic E-state index is 0.0439. The van der Waals surface area contributed by atoms with Crippen LogP contribution in [0.1, 0.15) is 27.6 Å². The van der Waals surface area contributed by atoms with Gasteiger partial charge in [-0.25, -0.2) is 14.5 Å². The summed E-state index contributed by atoms with van der Waals surface area (Å²) >= 11 is 0. The first-order valence-electron chi connectivity index (χ1n) is 9.96. The van der Waals surface area contributed by atoms with E-state index in [2.05, 4.69) is 25.0 Å². The average molecular weight is 471 g/mol. The molecule has 1 aromatic carbocycles. The predicted molar refractivity (Wildman–Crippen MR) is 113 cm³/mol. The molecular weight excluding hydrogens is 452 g/mol. The van der Waals surface area contributed by atoms with Crippen LogP contribution in [-0.4, -0.2) is 44.6 Å². The van der Waals surface area contributed by atoms with E-state index in [0.29, 0.717) is 11.4 Å². The summed E-state index contributed by atoms with van der Waals surface area (Å²) in [5, 5.41) is 8.16. The van der Waals surface area contributed by atoms with Crippen molar-refractivity contribution in [2.45, 2.75) is 27.1 Å². The number of hydrogen-bond donors (Lipinski definition) is 0. The number of carbonyl (C=O) groups excluding carboxylic acids is 1. The van der Waals surface area contributed by atoms with Crippen LogP contribution in [0.3, 0.4) is 0 Å². The molecule has 0 saturated heterocycles. The molecule has 34 heavy (non-hydrogen) atoms. The maximum Gasteiger partial charge on any atom is 0.387 e. The van der Waals surface area contributed by atoms with Gasteiger partial charge in [0.15, 0.2) is 23.9 Å². The van der Waals surface area contributed by atoms with Crippen molar-refractivity contribution in [2.75, 3.05) is 7.11 Å². The highest BCUT2D eigenvalue weighted by molar-refractivity contribution is 5.89. The number of halogens is 2. The lowest BCUT2D eigenvalue weighted by atomic mass is 10.2. The molecule has 0 aliphatic heterocycles. The first kappa shape index (κ1) is 22.8. The van der Waals surface area contributed by atoms with Gasteiger partial charge in [-0.05, 0) is 50.2 Å². The monoisotopic (exact) mass is 471 g/mol. The lowest BCUT2D eigenvalue weighted by molar-refractivity contribution is -0.0512. The Morgan fingerprint density at radius 2 is 1.97 bits per heavy atom. The Balaban J connectivity index is 1.40. The van der Waals surface area contributed by atoms with Crippen LogP contribution < -0.4 is 9.47 Å². The Bertz CT molecular complexity index is 1300. The maximum atomic E-state index is 12.5. The highest BCUT2D eigenvalue weighted by Gasteiger charge is 2.16. The van der Waals surface area contributed by atoms with Crippen LogP contribution in [0.25, 0.3) is 17.2 Å². The van der Waals surface area contributed by atoms with Crippen molar-refractivity contribution in [3.63, 3.8) is 0 Å². The summed E-state index contributed by atoms with van der Waals surface area (Å²) in [7, 11) is 1.32. The third kappa shape index (κ3) is 5.00. The molecule has 3 heterocycles. The molecule has 0 bridgehead atoms. The molecule has 12 heteroatoms. The fraction of sp³-hybridized carbons (Fsp3) is 0.227. The summed E-state index contributed by atoms with van der Waals surface area (Å²) < 4.78 is 46.4. The molecule has 176 valence electrons. The quantitative estimate of drug-likeness (QED) is 0.353. The van der Waals surface area contributed by atoms with Crippen molar-refractivity contribution in [2.24, 2.45) is 0 Å². The van der Waals surface area contributed by atoms with Gasteiger partial charge in [0.2, 0.25) is 5.82 Å². The minimum Gasteiger partial charge on any atom is -0.493 e. The van der Waals surface area contributed by atoms with Gasteiger partial charge in [-0.2, -0.15) is 18.9 Å². The van der Waals surface area contributed by atoms with Crippen molar-refractivity contribution >= 4 is 5.97 Å². The van der Waals surface area contributed by atoms with E-state index in [-0.39, 0.29) is 35.4 Å². The molecule has 4 aromatic rings. The molecule has 0 saturated carbocycles. The standard InChI is InChI=1S/C22H19F2N5O5/c1-12-8-13(2)29(27-12)18-7-5-15(10-25-18)21(30)32-11-19-26-20(28-34-19)14-4-6-16(33-22(23)24)17(9-14)31-3/h4-10,22H,11H2,1-3H3. The Morgan fingerprint density at radius 1 is 1.15 bits per heavy atom. The molecule has 0 fully saturated rings. The summed E-state index contributed by atoms with van der Waals surface area (Å²) in [4.78, 5) is 20.8. The second-order valence-corrected chi connectivity index (χ2v) is 7.08. The number of carbonyl (C=O) groups is 1. The fourth-order valence-corrected chi connectivity index (χ4v) is 3.13. The molecule has 4 rings (SSSR count). The lowest BCUT2D eigenvalue weighted by Gasteiger charge is -2.10. The van der Waals surface area contributed by atoms with Crippen molar-refractivity contribution in [1.82, 2.24) is 24.9 Å². The van der Waals surface area contributed by atoms with E-state index in [1.807, 2.05) is 19.9 Å². The van der Waals surface area contributed by atoms with Gasteiger partial charge in [0.25, 0.3) is 5.89 Å². The van der Waals surface area contributed by atoms with Crippen LogP contribution in [-0.2, 0) is 11.3 Å². The number of methoxy groups -OCH3 is 1. The first-order valence-corrected chi connectivity index (χ1v) is 9.96. The van der Waals surface area contributed by atoms with E-state index < -0.39 is 12.6 Å². The molecule has 0 aliphatic rings. The summed E-state index contributed by atoms with van der Waals surface area (Å²) in [6.07, 6.45) is 1.39. The highest BCUT2D eigenvalue weighted by atomic mass is 19.3. The largest absolute Gasteiger partial charge is 0.493 e. The molecule has 0 N–H and O–H groups in total. The van der Waals surface area contributed by atoms with Gasteiger partial charge in [0, 0.05) is 17.5 Å². The molecule has 10 nitrogen and oxygen atoms in total. The summed E-state index contributed by atoms with van der Waals surface area (Å²) in [6.45, 7) is 0.529. The Labute approximate surface area is 192 Å². The van der Waals surface area contributed by atoms with Crippen molar-refractivity contribution in [3.05, 3.63) is 65.4 Å². The molecular formula is C22H19F2N5O5. The average Bonchev–Trinajstić information content (AvgIpc) is 3.43. The number of alkyl halides is 2. The predicted octanol–water partition coefficient (Wildman–Crippen LogP) is 3.90. The Morgan fingerprint density at radius 3 is 2.62 bits per heavy atom. The van der Waals surface area contributed by atoms with Crippen LogP contribution in [0, 0.1) is 13.8 Å². The van der Waals surface area contributed by atoms with E-state index in [1.54, 1.807) is 16.8 Å². The van der Waals surface area contributed by atoms with Crippen molar-refractivity contribution in [1.29, 1.82) is 0 Å². The molecule has 0 amide bonds. The van der Waals surface area contributed by atoms with Crippen molar-refractivity contribution in [3.8, 4) is 28.7 Å². The van der Waals surface area contributed by atoms with Gasteiger partial charge in [-0.1, -0.05) is 5.16 Å². The Hall–Kier alpha value is -4.35. The number of benzene rings is 1. The van der Waals surface area contributed by atoms with Gasteiger partial charge >= 0.3 is 12.6 Å². The minimum atomic E-state index is -2.99. The number of pyridine rings is 1. The van der Waals surface area contributed by atoms with Crippen LogP contribution in [0.2, 0.25) is 0 Å². The molecule has 0 radical (unpaired) electrons. The highest BCUT2D eigenvalue weighted by Crippen LogP contribution is 2.32. The number of esters is 1. The number of ether oxygens (including phenoxy) is 3. The van der Waals surface area contributed by atoms with Crippen molar-refractivity contribution < 1.29 is 32.3 Å². The van der Waals surface area contributed by atoms with Crippen LogP contribution in [0.4, 0.5) is 8.78 Å². The smallest absolute Gasteiger partial charge is 0.387 e. The molecule has 0 unspecified atom stereocenters. The third-order valence-electron chi connectivity index (χ3n) is 4.64. The van der Waals surface area contributed by atoms with E-state index in [0.717, 1.165) is 11.4 Å². The lowest BCUT2D eigenvalue weighted by Crippen LogP contribution is -2.08. The van der Waals surface area contributed by atoms with Crippen LogP contribution >= 0.6 is 0 Å². The topological polar surface area (TPSA) is 114 Å². The Kier molecular flexibility index (Phi) is 6.48. The fourth-order valence-electron chi connectivity index (χ4n) is 3.13. The van der Waals surface area contributed by atoms with Gasteiger partial charge < -0.3 is 18.7 Å². The van der Waals surface area contributed by atoms with E-state index >= 15 is 0 Å². The summed E-state index contributed by atoms with van der Waals surface area (Å²) in [5.74, 6) is 0.0982. The number of nitrogens with zero attached hydrogens (tertiary/aromatic N) is 5. The van der Waals surface area contributed by atoms with Gasteiger partial charge in [-0.3, -0.25) is 0 Å². The van der Waals surface area contributed by atoms with Gasteiger partial charge in [-0.15, -0.1) is 0 Å². The zero-order valence-corrected chi connectivity index (χ0v) is 18.4. The number of aryl methyl sites for hydroxylation is 2. The van der Waals surface area contributed by atoms with Gasteiger partial charge in [0.1, 0.15) is 0 Å². The summed E-state index contributed by atoms with van der Waals surface area (Å²) in [5.41, 5.74) is 2.45. The zero-order valence-electron chi connectivity index (χ0n) is 18.4. The molecule has 0 aliphatic carbocycles. The number of hydrogen-bond acceptors (Lipinski definition) is 9. The first-order chi connectivity index (χ1) is 16.3. The molecule has 0 spiro atoms. The normalized spacial score (nSPS) is 11.0. The van der Waals surface area contributed by atoms with E-state index in [9.17, 15) is 13.6 Å². The van der Waals surface area contributed by atoms with Gasteiger partial charge in [0.05, 0.1) is 18.4 Å². The van der Waals surface area contributed by atoms with Crippen LogP contribution in [0.15, 0.2) is 47.1 Å². The van der Waals surface area contributed by atoms with E-state index in [1.165, 1.54) is 31.5 Å². The maximum absolute atomic E-state index is 12.5. The molecule has 3 aromatic heterocycles. The zero-order chi connectivity index (χ0) is 24.2. The number of rotatable bonds is 8. The second kappa shape index (κ2) is 9.65. The third-order valence-corrected chi connectivity index (χ3v) is 4.64. The van der Waals surface area contributed by atoms with E-state index in [4.69, 9.17) is 14.0 Å². The summed E-state index contributed by atoms with van der Waals surface area (Å²) in [6, 6.07) is 9.36. The second-order valence-electron chi connectivity index (χ2n) is 7.08. The SMILES string of the molecule is COc1cc(-c2noc(COC(=O)c3ccc(-n4nc(C)cc4C)nc3)n2)ccc1OC(F)F.